The topological polar surface area (TPSA) is 32.3 Å². The molecule has 2 nitrogen and oxygen atoms in total. The third-order valence-corrected chi connectivity index (χ3v) is 4.00. The van der Waals surface area contributed by atoms with Gasteiger partial charge in [0.15, 0.2) is 0 Å². The van der Waals surface area contributed by atoms with Gasteiger partial charge in [-0.05, 0) is 56.9 Å². The van der Waals surface area contributed by atoms with E-state index in [0.717, 1.165) is 31.2 Å². The predicted octanol–water partition coefficient (Wildman–Crippen LogP) is 1.93. The second kappa shape index (κ2) is 4.19. The van der Waals surface area contributed by atoms with Gasteiger partial charge in [0.1, 0.15) is 0 Å². The SMILES string of the molecule is CC1CCC(CO)(NCC2CC2)CC1. The van der Waals surface area contributed by atoms with E-state index in [9.17, 15) is 5.11 Å². The first-order valence-corrected chi connectivity index (χ1v) is 6.10. The van der Waals surface area contributed by atoms with Crippen LogP contribution in [0, 0.1) is 11.8 Å². The van der Waals surface area contributed by atoms with Crippen molar-refractivity contribution in [3.05, 3.63) is 0 Å². The molecule has 0 radical (unpaired) electrons. The highest BCUT2D eigenvalue weighted by molar-refractivity contribution is 4.93. The first kappa shape index (κ1) is 10.4. The molecule has 2 heteroatoms. The Labute approximate surface area is 87.1 Å². The van der Waals surface area contributed by atoms with E-state index in [2.05, 4.69) is 12.2 Å². The summed E-state index contributed by atoms with van der Waals surface area (Å²) >= 11 is 0. The Morgan fingerprint density at radius 2 is 1.86 bits per heavy atom. The summed E-state index contributed by atoms with van der Waals surface area (Å²) < 4.78 is 0. The third kappa shape index (κ3) is 2.48. The zero-order valence-electron chi connectivity index (χ0n) is 9.26. The molecule has 0 atom stereocenters. The fraction of sp³-hybridized carbons (Fsp3) is 1.00. The molecule has 0 saturated heterocycles. The van der Waals surface area contributed by atoms with Crippen LogP contribution in [-0.2, 0) is 0 Å². The molecule has 0 unspecified atom stereocenters. The van der Waals surface area contributed by atoms with Gasteiger partial charge in [0.05, 0.1) is 6.61 Å². The number of aliphatic hydroxyl groups is 1. The summed E-state index contributed by atoms with van der Waals surface area (Å²) in [7, 11) is 0. The molecule has 0 aromatic heterocycles. The van der Waals surface area contributed by atoms with Gasteiger partial charge >= 0.3 is 0 Å². The normalized spacial score (nSPS) is 38.6. The van der Waals surface area contributed by atoms with Crippen molar-refractivity contribution in [2.45, 2.75) is 51.0 Å². The Bertz CT molecular complexity index is 181. The summed E-state index contributed by atoms with van der Waals surface area (Å²) in [5, 5.41) is 13.1. The third-order valence-electron chi connectivity index (χ3n) is 4.00. The average Bonchev–Trinajstić information content (AvgIpc) is 3.02. The average molecular weight is 197 g/mol. The first-order valence-electron chi connectivity index (χ1n) is 6.10. The van der Waals surface area contributed by atoms with Crippen LogP contribution in [-0.4, -0.2) is 23.8 Å². The van der Waals surface area contributed by atoms with E-state index in [1.807, 2.05) is 0 Å². The van der Waals surface area contributed by atoms with Crippen molar-refractivity contribution in [2.24, 2.45) is 11.8 Å². The van der Waals surface area contributed by atoms with Crippen molar-refractivity contribution < 1.29 is 5.11 Å². The van der Waals surface area contributed by atoms with Gasteiger partial charge in [-0.2, -0.15) is 0 Å². The Morgan fingerprint density at radius 1 is 1.21 bits per heavy atom. The standard InChI is InChI=1S/C12H23NO/c1-10-4-6-12(9-14,7-5-10)13-8-11-2-3-11/h10-11,13-14H,2-9H2,1H3. The lowest BCUT2D eigenvalue weighted by Crippen LogP contribution is -2.51. The molecule has 0 amide bonds. The molecule has 2 aliphatic carbocycles. The van der Waals surface area contributed by atoms with E-state index in [-0.39, 0.29) is 5.54 Å². The van der Waals surface area contributed by atoms with E-state index >= 15 is 0 Å². The molecule has 2 aliphatic rings. The van der Waals surface area contributed by atoms with Gasteiger partial charge in [0.2, 0.25) is 0 Å². The van der Waals surface area contributed by atoms with Crippen LogP contribution in [0.5, 0.6) is 0 Å². The highest BCUT2D eigenvalue weighted by Crippen LogP contribution is 2.34. The predicted molar refractivity (Wildman–Crippen MR) is 58.2 cm³/mol. The van der Waals surface area contributed by atoms with Crippen LogP contribution in [0.2, 0.25) is 0 Å². The van der Waals surface area contributed by atoms with E-state index in [1.54, 1.807) is 0 Å². The van der Waals surface area contributed by atoms with E-state index in [4.69, 9.17) is 0 Å². The van der Waals surface area contributed by atoms with Gasteiger partial charge in [-0.25, -0.2) is 0 Å². The van der Waals surface area contributed by atoms with Gasteiger partial charge in [0.25, 0.3) is 0 Å². The number of hydrogen-bond acceptors (Lipinski definition) is 2. The zero-order chi connectivity index (χ0) is 10.0. The summed E-state index contributed by atoms with van der Waals surface area (Å²) in [6.45, 7) is 3.78. The lowest BCUT2D eigenvalue weighted by molar-refractivity contribution is 0.105. The fourth-order valence-corrected chi connectivity index (χ4v) is 2.39. The molecule has 14 heavy (non-hydrogen) atoms. The van der Waals surface area contributed by atoms with E-state index in [0.29, 0.717) is 6.61 Å². The van der Waals surface area contributed by atoms with Gasteiger partial charge in [-0.15, -0.1) is 0 Å². The molecule has 2 saturated carbocycles. The maximum absolute atomic E-state index is 9.50. The summed E-state index contributed by atoms with van der Waals surface area (Å²) in [5.74, 6) is 1.77. The van der Waals surface area contributed by atoms with Crippen LogP contribution < -0.4 is 5.32 Å². The molecule has 0 aromatic carbocycles. The summed E-state index contributed by atoms with van der Waals surface area (Å²) in [6.07, 6.45) is 7.67. The van der Waals surface area contributed by atoms with Gasteiger partial charge in [-0.1, -0.05) is 6.92 Å². The largest absolute Gasteiger partial charge is 0.394 e. The summed E-state index contributed by atoms with van der Waals surface area (Å²) in [6, 6.07) is 0. The van der Waals surface area contributed by atoms with Gasteiger partial charge in [0, 0.05) is 5.54 Å². The summed E-state index contributed by atoms with van der Waals surface area (Å²) in [4.78, 5) is 0. The zero-order valence-corrected chi connectivity index (χ0v) is 9.26. The fourth-order valence-electron chi connectivity index (χ4n) is 2.39. The second-order valence-electron chi connectivity index (χ2n) is 5.45. The second-order valence-corrected chi connectivity index (χ2v) is 5.45. The maximum Gasteiger partial charge on any atom is 0.0613 e. The lowest BCUT2D eigenvalue weighted by atomic mass is 9.77. The molecule has 0 heterocycles. The molecule has 2 fully saturated rings. The van der Waals surface area contributed by atoms with Crippen molar-refractivity contribution in [3.8, 4) is 0 Å². The highest BCUT2D eigenvalue weighted by atomic mass is 16.3. The molecule has 0 bridgehead atoms. The molecular formula is C12H23NO. The molecular weight excluding hydrogens is 174 g/mol. The number of nitrogens with one attached hydrogen (secondary N) is 1. The Morgan fingerprint density at radius 3 is 2.36 bits per heavy atom. The minimum atomic E-state index is 0.0785. The maximum atomic E-state index is 9.50. The number of rotatable bonds is 4. The minimum absolute atomic E-state index is 0.0785. The number of aliphatic hydroxyl groups excluding tert-OH is 1. The summed E-state index contributed by atoms with van der Waals surface area (Å²) in [5.41, 5.74) is 0.0785. The monoisotopic (exact) mass is 197 g/mol. The quantitative estimate of drug-likeness (QED) is 0.722. The van der Waals surface area contributed by atoms with Crippen molar-refractivity contribution in [3.63, 3.8) is 0 Å². The van der Waals surface area contributed by atoms with Gasteiger partial charge in [-0.3, -0.25) is 0 Å². The Kier molecular flexibility index (Phi) is 3.13. The first-order chi connectivity index (χ1) is 6.74. The van der Waals surface area contributed by atoms with Crippen LogP contribution in [0.1, 0.15) is 45.4 Å². The van der Waals surface area contributed by atoms with Crippen LogP contribution >= 0.6 is 0 Å². The molecule has 0 spiro atoms. The Hall–Kier alpha value is -0.0800. The smallest absolute Gasteiger partial charge is 0.0613 e. The lowest BCUT2D eigenvalue weighted by Gasteiger charge is -2.39. The molecule has 0 aliphatic heterocycles. The number of hydrogen-bond donors (Lipinski definition) is 2. The van der Waals surface area contributed by atoms with Crippen LogP contribution in [0.15, 0.2) is 0 Å². The van der Waals surface area contributed by atoms with E-state index < -0.39 is 0 Å². The molecule has 2 N–H and O–H groups in total. The van der Waals surface area contributed by atoms with Crippen molar-refractivity contribution in [2.75, 3.05) is 13.2 Å². The van der Waals surface area contributed by atoms with Crippen molar-refractivity contribution >= 4 is 0 Å². The van der Waals surface area contributed by atoms with Crippen LogP contribution in [0.4, 0.5) is 0 Å². The van der Waals surface area contributed by atoms with Gasteiger partial charge < -0.3 is 10.4 Å². The highest BCUT2D eigenvalue weighted by Gasteiger charge is 2.34. The van der Waals surface area contributed by atoms with Crippen LogP contribution in [0.3, 0.4) is 0 Å². The molecule has 82 valence electrons. The Balaban J connectivity index is 1.81. The van der Waals surface area contributed by atoms with E-state index in [1.165, 1.54) is 25.7 Å². The minimum Gasteiger partial charge on any atom is -0.394 e. The molecule has 2 rings (SSSR count). The van der Waals surface area contributed by atoms with Crippen molar-refractivity contribution in [1.82, 2.24) is 5.32 Å². The van der Waals surface area contributed by atoms with Crippen LogP contribution in [0.25, 0.3) is 0 Å². The van der Waals surface area contributed by atoms with Crippen molar-refractivity contribution in [1.29, 1.82) is 0 Å². The molecule has 0 aromatic rings.